The van der Waals surface area contributed by atoms with Gasteiger partial charge in [-0.05, 0) is 68.5 Å². The van der Waals surface area contributed by atoms with E-state index < -0.39 is 16.0 Å². The van der Waals surface area contributed by atoms with Gasteiger partial charge in [-0.3, -0.25) is 0 Å². The number of aromatic amines is 1. The molecule has 0 spiro atoms. The molecule has 7 heteroatoms. The first kappa shape index (κ1) is 25.7. The molecule has 3 aromatic rings. The van der Waals surface area contributed by atoms with Crippen LogP contribution in [-0.2, 0) is 34.3 Å². The molecule has 0 radical (unpaired) electrons. The standard InChI is InChI=1S/C27H34N2O4S/c1-6-8-22-13-15-24(16-14-22)34(31,32)29(17-23-11-9-19(3)10-12-23)18-25-20(4)26(28-21(25)5)27(30)33-7-2/h9-16,28H,6-8,17-18H2,1-5H3. The molecule has 0 fully saturated rings. The number of aromatic nitrogens is 1. The van der Waals surface area contributed by atoms with Crippen LogP contribution >= 0.6 is 0 Å². The second kappa shape index (κ2) is 11.0. The van der Waals surface area contributed by atoms with E-state index in [9.17, 15) is 13.2 Å². The van der Waals surface area contributed by atoms with E-state index >= 15 is 0 Å². The van der Waals surface area contributed by atoms with Crippen LogP contribution in [0.5, 0.6) is 0 Å². The van der Waals surface area contributed by atoms with Crippen molar-refractivity contribution in [2.75, 3.05) is 6.61 Å². The van der Waals surface area contributed by atoms with Crippen LogP contribution in [0, 0.1) is 20.8 Å². The third-order valence-electron chi connectivity index (χ3n) is 5.99. The van der Waals surface area contributed by atoms with E-state index in [4.69, 9.17) is 4.74 Å². The number of carbonyl (C=O) groups excluding carboxylic acids is 1. The van der Waals surface area contributed by atoms with Crippen LogP contribution in [-0.4, -0.2) is 30.3 Å². The fraction of sp³-hybridized carbons (Fsp3) is 0.370. The summed E-state index contributed by atoms with van der Waals surface area (Å²) in [5.74, 6) is -0.436. The van der Waals surface area contributed by atoms with Gasteiger partial charge in [0.1, 0.15) is 5.69 Å². The second-order valence-electron chi connectivity index (χ2n) is 8.60. The number of hydrogen-bond acceptors (Lipinski definition) is 4. The van der Waals surface area contributed by atoms with Crippen LogP contribution in [0.1, 0.15) is 64.3 Å². The number of aryl methyl sites for hydroxylation is 3. The number of nitrogens with one attached hydrogen (secondary N) is 1. The Hall–Kier alpha value is -2.90. The van der Waals surface area contributed by atoms with Gasteiger partial charge in [-0.2, -0.15) is 4.31 Å². The zero-order valence-corrected chi connectivity index (χ0v) is 21.5. The van der Waals surface area contributed by atoms with E-state index in [0.29, 0.717) is 11.3 Å². The average Bonchev–Trinajstić information content (AvgIpc) is 3.09. The molecule has 0 saturated heterocycles. The Labute approximate surface area is 203 Å². The van der Waals surface area contributed by atoms with Crippen LogP contribution in [0.2, 0.25) is 0 Å². The molecule has 0 atom stereocenters. The molecule has 2 aromatic carbocycles. The minimum atomic E-state index is -3.79. The molecule has 0 aliphatic heterocycles. The van der Waals surface area contributed by atoms with Crippen LogP contribution in [0.15, 0.2) is 53.4 Å². The summed E-state index contributed by atoms with van der Waals surface area (Å²) in [5, 5.41) is 0. The Morgan fingerprint density at radius 1 is 0.912 bits per heavy atom. The molecular weight excluding hydrogens is 448 g/mol. The molecule has 1 aromatic heterocycles. The van der Waals surface area contributed by atoms with Crippen molar-refractivity contribution in [3.63, 3.8) is 0 Å². The lowest BCUT2D eigenvalue weighted by molar-refractivity contribution is 0.0519. The number of benzene rings is 2. The number of carbonyl (C=O) groups is 1. The van der Waals surface area contributed by atoms with Gasteiger partial charge in [0.2, 0.25) is 10.0 Å². The van der Waals surface area contributed by atoms with Gasteiger partial charge in [0.15, 0.2) is 0 Å². The van der Waals surface area contributed by atoms with Gasteiger partial charge < -0.3 is 9.72 Å². The van der Waals surface area contributed by atoms with Gasteiger partial charge in [0.25, 0.3) is 0 Å². The van der Waals surface area contributed by atoms with Crippen molar-refractivity contribution in [1.82, 2.24) is 9.29 Å². The van der Waals surface area contributed by atoms with Gasteiger partial charge in [-0.25, -0.2) is 13.2 Å². The summed E-state index contributed by atoms with van der Waals surface area (Å²) < 4.78 is 34.2. The molecule has 182 valence electrons. The summed E-state index contributed by atoms with van der Waals surface area (Å²) in [6, 6.07) is 15.0. The second-order valence-corrected chi connectivity index (χ2v) is 10.5. The number of hydrogen-bond donors (Lipinski definition) is 1. The predicted molar refractivity (Wildman–Crippen MR) is 134 cm³/mol. The smallest absolute Gasteiger partial charge is 0.355 e. The summed E-state index contributed by atoms with van der Waals surface area (Å²) in [4.78, 5) is 15.7. The normalized spacial score (nSPS) is 11.7. The lowest BCUT2D eigenvalue weighted by atomic mass is 10.1. The lowest BCUT2D eigenvalue weighted by Gasteiger charge is -2.23. The van der Waals surface area contributed by atoms with Crippen molar-refractivity contribution < 1.29 is 17.9 Å². The number of sulfonamides is 1. The number of H-pyrrole nitrogens is 1. The highest BCUT2D eigenvalue weighted by Gasteiger charge is 2.28. The molecule has 1 heterocycles. The zero-order chi connectivity index (χ0) is 24.9. The highest BCUT2D eigenvalue weighted by Crippen LogP contribution is 2.26. The highest BCUT2D eigenvalue weighted by atomic mass is 32.2. The summed E-state index contributed by atoms with van der Waals surface area (Å²) in [5.41, 5.74) is 5.73. The minimum Gasteiger partial charge on any atom is -0.461 e. The van der Waals surface area contributed by atoms with E-state index in [1.54, 1.807) is 19.1 Å². The number of rotatable bonds is 10. The fourth-order valence-corrected chi connectivity index (χ4v) is 5.39. The van der Waals surface area contributed by atoms with Crippen molar-refractivity contribution in [3.05, 3.63) is 87.7 Å². The molecule has 0 aliphatic rings. The van der Waals surface area contributed by atoms with Crippen molar-refractivity contribution in [2.24, 2.45) is 0 Å². The highest BCUT2D eigenvalue weighted by molar-refractivity contribution is 7.89. The fourth-order valence-electron chi connectivity index (χ4n) is 4.00. The van der Waals surface area contributed by atoms with Crippen molar-refractivity contribution in [2.45, 2.75) is 65.4 Å². The van der Waals surface area contributed by atoms with Gasteiger partial charge in [0.05, 0.1) is 11.5 Å². The first-order valence-electron chi connectivity index (χ1n) is 11.7. The van der Waals surface area contributed by atoms with E-state index in [1.165, 1.54) is 4.31 Å². The van der Waals surface area contributed by atoms with Gasteiger partial charge in [0, 0.05) is 18.8 Å². The Balaban J connectivity index is 2.00. The molecule has 3 rings (SSSR count). The zero-order valence-electron chi connectivity index (χ0n) is 20.6. The molecule has 0 unspecified atom stereocenters. The summed E-state index contributed by atoms with van der Waals surface area (Å²) in [6.45, 7) is 10.2. The van der Waals surface area contributed by atoms with Crippen LogP contribution in [0.25, 0.3) is 0 Å². The molecule has 34 heavy (non-hydrogen) atoms. The maximum atomic E-state index is 13.8. The summed E-state index contributed by atoms with van der Waals surface area (Å²) >= 11 is 0. The summed E-state index contributed by atoms with van der Waals surface area (Å²) in [7, 11) is -3.79. The largest absolute Gasteiger partial charge is 0.461 e. The van der Waals surface area contributed by atoms with E-state index in [2.05, 4.69) is 11.9 Å². The Morgan fingerprint density at radius 2 is 1.53 bits per heavy atom. The Kier molecular flexibility index (Phi) is 8.33. The van der Waals surface area contributed by atoms with Gasteiger partial charge >= 0.3 is 5.97 Å². The van der Waals surface area contributed by atoms with Crippen molar-refractivity contribution in [3.8, 4) is 0 Å². The van der Waals surface area contributed by atoms with Crippen LogP contribution < -0.4 is 0 Å². The summed E-state index contributed by atoms with van der Waals surface area (Å²) in [6.07, 6.45) is 1.91. The third kappa shape index (κ3) is 5.77. The average molecular weight is 483 g/mol. The number of nitrogens with zero attached hydrogens (tertiary/aromatic N) is 1. The van der Waals surface area contributed by atoms with E-state index in [1.807, 2.05) is 57.2 Å². The topological polar surface area (TPSA) is 79.5 Å². The molecular formula is C27H34N2O4S. The van der Waals surface area contributed by atoms with Gasteiger partial charge in [-0.1, -0.05) is 55.3 Å². The van der Waals surface area contributed by atoms with Crippen molar-refractivity contribution >= 4 is 16.0 Å². The number of esters is 1. The SMILES string of the molecule is CCCc1ccc(S(=O)(=O)N(Cc2ccc(C)cc2)Cc2c(C)[nH]c(C(=O)OCC)c2C)cc1. The molecule has 6 nitrogen and oxygen atoms in total. The van der Waals surface area contributed by atoms with Crippen LogP contribution in [0.4, 0.5) is 0 Å². The maximum Gasteiger partial charge on any atom is 0.355 e. The maximum absolute atomic E-state index is 13.8. The Bertz CT molecular complexity index is 1230. The molecule has 0 amide bonds. The Morgan fingerprint density at radius 3 is 2.12 bits per heavy atom. The first-order chi connectivity index (χ1) is 16.2. The third-order valence-corrected chi connectivity index (χ3v) is 7.79. The number of ether oxygens (including phenoxy) is 1. The molecule has 0 saturated carbocycles. The predicted octanol–water partition coefficient (Wildman–Crippen LogP) is 5.46. The van der Waals surface area contributed by atoms with Crippen LogP contribution in [0.3, 0.4) is 0 Å². The van der Waals surface area contributed by atoms with E-state index in [-0.39, 0.29) is 24.6 Å². The molecule has 1 N–H and O–H groups in total. The van der Waals surface area contributed by atoms with Gasteiger partial charge in [-0.15, -0.1) is 0 Å². The quantitative estimate of drug-likeness (QED) is 0.389. The monoisotopic (exact) mass is 482 g/mol. The molecule has 0 bridgehead atoms. The lowest BCUT2D eigenvalue weighted by Crippen LogP contribution is -2.30. The van der Waals surface area contributed by atoms with E-state index in [0.717, 1.165) is 40.8 Å². The molecule has 0 aliphatic carbocycles. The first-order valence-corrected chi connectivity index (χ1v) is 13.1. The minimum absolute atomic E-state index is 0.139. The van der Waals surface area contributed by atoms with Crippen molar-refractivity contribution in [1.29, 1.82) is 0 Å².